The third-order valence-corrected chi connectivity index (χ3v) is 3.89. The molecule has 0 saturated heterocycles. The molecule has 1 rings (SSSR count). The Bertz CT molecular complexity index is 453. The summed E-state index contributed by atoms with van der Waals surface area (Å²) in [5.41, 5.74) is 8.46. The lowest BCUT2D eigenvalue weighted by Gasteiger charge is -2.30. The van der Waals surface area contributed by atoms with E-state index in [1.54, 1.807) is 0 Å². The monoisotopic (exact) mass is 266 g/mol. The standard InChI is InChI=1S/C13H22N4S/c1-6-13(5,7-2)15-12-10(11(14)18)8(3)9(4)16-17-12/h6-7H2,1-5H3,(H2,14,18)(H,15,17). The van der Waals surface area contributed by atoms with Crippen molar-refractivity contribution >= 4 is 23.0 Å². The Balaban J connectivity index is 3.25. The number of nitrogens with one attached hydrogen (secondary N) is 1. The highest BCUT2D eigenvalue weighted by atomic mass is 32.1. The van der Waals surface area contributed by atoms with Crippen molar-refractivity contribution in [1.29, 1.82) is 0 Å². The summed E-state index contributed by atoms with van der Waals surface area (Å²) in [5, 5.41) is 11.8. The van der Waals surface area contributed by atoms with Crippen molar-refractivity contribution in [3.63, 3.8) is 0 Å². The molecule has 0 spiro atoms. The van der Waals surface area contributed by atoms with E-state index >= 15 is 0 Å². The maximum Gasteiger partial charge on any atom is 0.159 e. The lowest BCUT2D eigenvalue weighted by atomic mass is 9.95. The fourth-order valence-corrected chi connectivity index (χ4v) is 1.96. The summed E-state index contributed by atoms with van der Waals surface area (Å²) in [6.45, 7) is 10.3. The molecule has 0 aliphatic heterocycles. The number of hydrogen-bond acceptors (Lipinski definition) is 4. The number of thiocarbonyl (C=S) groups is 1. The van der Waals surface area contributed by atoms with E-state index in [2.05, 4.69) is 36.3 Å². The average Bonchev–Trinajstić information content (AvgIpc) is 2.33. The van der Waals surface area contributed by atoms with Crippen LogP contribution in [0.5, 0.6) is 0 Å². The molecule has 0 bridgehead atoms. The highest BCUT2D eigenvalue weighted by Gasteiger charge is 2.23. The van der Waals surface area contributed by atoms with Crippen LogP contribution >= 0.6 is 12.2 Å². The largest absolute Gasteiger partial charge is 0.389 e. The average molecular weight is 266 g/mol. The highest BCUT2D eigenvalue weighted by Crippen LogP contribution is 2.25. The van der Waals surface area contributed by atoms with Crippen LogP contribution in [0.1, 0.15) is 50.4 Å². The molecular formula is C13H22N4S. The van der Waals surface area contributed by atoms with E-state index in [4.69, 9.17) is 18.0 Å². The van der Waals surface area contributed by atoms with Crippen molar-refractivity contribution in [2.45, 2.75) is 53.0 Å². The predicted molar refractivity (Wildman–Crippen MR) is 80.0 cm³/mol. The predicted octanol–water partition coefficient (Wildman–Crippen LogP) is 2.72. The van der Waals surface area contributed by atoms with Gasteiger partial charge in [-0.3, -0.25) is 0 Å². The van der Waals surface area contributed by atoms with Crippen LogP contribution in [-0.2, 0) is 0 Å². The topological polar surface area (TPSA) is 63.8 Å². The second-order valence-electron chi connectivity index (χ2n) is 4.89. The molecule has 0 radical (unpaired) electrons. The Morgan fingerprint density at radius 3 is 2.28 bits per heavy atom. The summed E-state index contributed by atoms with van der Waals surface area (Å²) in [6.07, 6.45) is 1.99. The van der Waals surface area contributed by atoms with E-state index in [9.17, 15) is 0 Å². The van der Waals surface area contributed by atoms with Crippen LogP contribution in [0.15, 0.2) is 0 Å². The van der Waals surface area contributed by atoms with E-state index in [1.807, 2.05) is 13.8 Å². The lowest BCUT2D eigenvalue weighted by molar-refractivity contribution is 0.475. The zero-order valence-electron chi connectivity index (χ0n) is 11.8. The van der Waals surface area contributed by atoms with Crippen molar-refractivity contribution in [2.24, 2.45) is 5.73 Å². The summed E-state index contributed by atoms with van der Waals surface area (Å²) in [7, 11) is 0. The number of aryl methyl sites for hydroxylation is 1. The van der Waals surface area contributed by atoms with Crippen molar-refractivity contribution in [2.75, 3.05) is 5.32 Å². The second kappa shape index (κ2) is 5.61. The second-order valence-corrected chi connectivity index (χ2v) is 5.33. The van der Waals surface area contributed by atoms with Gasteiger partial charge in [0.2, 0.25) is 0 Å². The van der Waals surface area contributed by atoms with E-state index in [0.29, 0.717) is 10.8 Å². The van der Waals surface area contributed by atoms with Crippen molar-refractivity contribution < 1.29 is 0 Å². The zero-order valence-corrected chi connectivity index (χ0v) is 12.6. The maximum absolute atomic E-state index is 5.81. The van der Waals surface area contributed by atoms with Crippen molar-refractivity contribution in [3.8, 4) is 0 Å². The molecule has 1 aromatic heterocycles. The van der Waals surface area contributed by atoms with Crippen LogP contribution < -0.4 is 11.1 Å². The molecule has 18 heavy (non-hydrogen) atoms. The van der Waals surface area contributed by atoms with Gasteiger partial charge in [0.1, 0.15) is 4.99 Å². The molecule has 0 aliphatic rings. The van der Waals surface area contributed by atoms with Gasteiger partial charge in [-0.2, -0.15) is 5.10 Å². The van der Waals surface area contributed by atoms with Crippen molar-refractivity contribution in [1.82, 2.24) is 10.2 Å². The number of nitrogens with two attached hydrogens (primary N) is 1. The van der Waals surface area contributed by atoms with Gasteiger partial charge in [-0.25, -0.2) is 0 Å². The summed E-state index contributed by atoms with van der Waals surface area (Å²) in [5.74, 6) is 0.691. The Labute approximate surface area is 114 Å². The first-order valence-corrected chi connectivity index (χ1v) is 6.67. The molecule has 0 aromatic carbocycles. The molecule has 0 amide bonds. The van der Waals surface area contributed by atoms with Crippen LogP contribution in [0.3, 0.4) is 0 Å². The smallest absolute Gasteiger partial charge is 0.159 e. The summed E-state index contributed by atoms with van der Waals surface area (Å²) in [4.78, 5) is 0.363. The van der Waals surface area contributed by atoms with Crippen LogP contribution in [0.25, 0.3) is 0 Å². The first kappa shape index (κ1) is 14.8. The Morgan fingerprint density at radius 1 is 1.28 bits per heavy atom. The van der Waals surface area contributed by atoms with Crippen LogP contribution in [0.4, 0.5) is 5.82 Å². The van der Waals surface area contributed by atoms with Crippen molar-refractivity contribution in [3.05, 3.63) is 16.8 Å². The molecule has 3 N–H and O–H groups in total. The molecule has 0 unspecified atom stereocenters. The van der Waals surface area contributed by atoms with Gasteiger partial charge in [-0.05, 0) is 39.2 Å². The molecule has 0 aliphatic carbocycles. The minimum absolute atomic E-state index is 0.0179. The Hall–Kier alpha value is -1.23. The van der Waals surface area contributed by atoms with Gasteiger partial charge in [-0.15, -0.1) is 5.10 Å². The Kier molecular flexibility index (Phi) is 4.62. The molecule has 4 nitrogen and oxygen atoms in total. The van der Waals surface area contributed by atoms with E-state index < -0.39 is 0 Å². The fourth-order valence-electron chi connectivity index (χ4n) is 1.71. The van der Waals surface area contributed by atoms with Crippen LogP contribution in [0.2, 0.25) is 0 Å². The molecule has 0 atom stereocenters. The first-order chi connectivity index (χ1) is 8.34. The van der Waals surface area contributed by atoms with E-state index in [0.717, 1.165) is 29.7 Å². The summed E-state index contributed by atoms with van der Waals surface area (Å²) >= 11 is 5.13. The van der Waals surface area contributed by atoms with Gasteiger partial charge in [-0.1, -0.05) is 26.1 Å². The normalized spacial score (nSPS) is 11.4. The van der Waals surface area contributed by atoms with Crippen LogP contribution in [-0.4, -0.2) is 20.7 Å². The summed E-state index contributed by atoms with van der Waals surface area (Å²) in [6, 6.07) is 0. The maximum atomic E-state index is 5.81. The molecule has 100 valence electrons. The first-order valence-electron chi connectivity index (χ1n) is 6.26. The molecule has 0 fully saturated rings. The van der Waals surface area contributed by atoms with Gasteiger partial charge in [0.15, 0.2) is 5.82 Å². The van der Waals surface area contributed by atoms with Gasteiger partial charge < -0.3 is 11.1 Å². The third kappa shape index (κ3) is 2.96. The summed E-state index contributed by atoms with van der Waals surface area (Å²) < 4.78 is 0. The molecular weight excluding hydrogens is 244 g/mol. The molecule has 0 saturated carbocycles. The fraction of sp³-hybridized carbons (Fsp3) is 0.615. The van der Waals surface area contributed by atoms with Gasteiger partial charge in [0.05, 0.1) is 11.3 Å². The number of hydrogen-bond donors (Lipinski definition) is 2. The minimum atomic E-state index is -0.0179. The number of anilines is 1. The number of nitrogens with zero attached hydrogens (tertiary/aromatic N) is 2. The minimum Gasteiger partial charge on any atom is -0.389 e. The van der Waals surface area contributed by atoms with E-state index in [1.165, 1.54) is 0 Å². The third-order valence-electron chi connectivity index (χ3n) is 3.68. The van der Waals surface area contributed by atoms with Gasteiger partial charge in [0.25, 0.3) is 0 Å². The van der Waals surface area contributed by atoms with Gasteiger partial charge >= 0.3 is 0 Å². The number of aromatic nitrogens is 2. The quantitative estimate of drug-likeness (QED) is 0.802. The van der Waals surface area contributed by atoms with Gasteiger partial charge in [0, 0.05) is 5.54 Å². The van der Waals surface area contributed by atoms with Crippen LogP contribution in [0, 0.1) is 13.8 Å². The zero-order chi connectivity index (χ0) is 13.9. The molecule has 1 heterocycles. The lowest BCUT2D eigenvalue weighted by Crippen LogP contribution is -2.35. The van der Waals surface area contributed by atoms with E-state index in [-0.39, 0.29) is 5.54 Å². The Morgan fingerprint density at radius 2 is 1.83 bits per heavy atom. The SMILES string of the molecule is CCC(C)(CC)Nc1nnc(C)c(C)c1C(N)=S. The highest BCUT2D eigenvalue weighted by molar-refractivity contribution is 7.80. The molecule has 5 heteroatoms. The molecule has 1 aromatic rings. The number of rotatable bonds is 5.